The Bertz CT molecular complexity index is 832. The van der Waals surface area contributed by atoms with Gasteiger partial charge < -0.3 is 14.8 Å². The number of ketones is 1. The molecule has 2 aromatic rings. The van der Waals surface area contributed by atoms with Crippen LogP contribution in [-0.4, -0.2) is 42.3 Å². The van der Waals surface area contributed by atoms with Crippen molar-refractivity contribution in [3.05, 3.63) is 65.2 Å². The summed E-state index contributed by atoms with van der Waals surface area (Å²) in [4.78, 5) is 25.6. The van der Waals surface area contributed by atoms with Crippen molar-refractivity contribution >= 4 is 11.7 Å². The van der Waals surface area contributed by atoms with E-state index < -0.39 is 0 Å². The van der Waals surface area contributed by atoms with Crippen LogP contribution in [0.4, 0.5) is 0 Å². The molecule has 0 spiro atoms. The maximum Gasteiger partial charge on any atom is 0.257 e. The lowest BCUT2D eigenvalue weighted by atomic mass is 9.99. The number of carbonyl (C=O) groups is 2. The largest absolute Gasteiger partial charge is 0.484 e. The highest BCUT2D eigenvalue weighted by atomic mass is 16.5. The van der Waals surface area contributed by atoms with Crippen LogP contribution in [-0.2, 0) is 29.0 Å². The Morgan fingerprint density at radius 3 is 2.55 bits per heavy atom. The topological polar surface area (TPSA) is 58.6 Å². The molecule has 1 atom stereocenters. The Balaban J connectivity index is 1.38. The molecule has 0 saturated heterocycles. The lowest BCUT2D eigenvalue weighted by Gasteiger charge is -2.33. The van der Waals surface area contributed by atoms with Gasteiger partial charge in [-0.1, -0.05) is 36.4 Å². The Morgan fingerprint density at radius 1 is 1.10 bits per heavy atom. The fraction of sp³-hybridized carbons (Fsp3) is 0.417. The molecule has 3 rings (SSSR count). The van der Waals surface area contributed by atoms with E-state index >= 15 is 0 Å². The van der Waals surface area contributed by atoms with Gasteiger partial charge >= 0.3 is 0 Å². The Morgan fingerprint density at radius 2 is 1.83 bits per heavy atom. The molecule has 2 aromatic carbocycles. The zero-order valence-corrected chi connectivity index (χ0v) is 17.3. The molecule has 0 unspecified atom stereocenters. The van der Waals surface area contributed by atoms with Gasteiger partial charge in [0.05, 0.1) is 0 Å². The molecule has 0 aromatic heterocycles. The van der Waals surface area contributed by atoms with Crippen LogP contribution >= 0.6 is 0 Å². The molecule has 0 radical (unpaired) electrons. The molecule has 1 aliphatic heterocycles. The van der Waals surface area contributed by atoms with E-state index in [9.17, 15) is 9.59 Å². The van der Waals surface area contributed by atoms with Crippen molar-refractivity contribution in [1.29, 1.82) is 0 Å². The quantitative estimate of drug-likeness (QED) is 0.710. The van der Waals surface area contributed by atoms with Gasteiger partial charge in [-0.15, -0.1) is 0 Å². The SMILES string of the molecule is CC(=O)CCc1ccc(OCC(=O)NC[C@H](C)N2CCc3ccccc3C2)cc1. The summed E-state index contributed by atoms with van der Waals surface area (Å²) in [6.45, 7) is 6.30. The summed E-state index contributed by atoms with van der Waals surface area (Å²) in [6, 6.07) is 16.4. The van der Waals surface area contributed by atoms with Crippen LogP contribution in [0.15, 0.2) is 48.5 Å². The van der Waals surface area contributed by atoms with Crippen molar-refractivity contribution in [3.8, 4) is 5.75 Å². The molecule has 0 aliphatic carbocycles. The number of rotatable bonds is 9. The minimum absolute atomic E-state index is 0.00233. The van der Waals surface area contributed by atoms with Crippen LogP contribution in [0.5, 0.6) is 5.75 Å². The smallest absolute Gasteiger partial charge is 0.257 e. The third-order valence-corrected chi connectivity index (χ3v) is 5.44. The minimum Gasteiger partial charge on any atom is -0.484 e. The Hall–Kier alpha value is -2.66. The van der Waals surface area contributed by atoms with Gasteiger partial charge in [-0.2, -0.15) is 0 Å². The average molecular weight is 395 g/mol. The second-order valence-electron chi connectivity index (χ2n) is 7.78. The van der Waals surface area contributed by atoms with Crippen LogP contribution in [0.2, 0.25) is 0 Å². The van der Waals surface area contributed by atoms with Gasteiger partial charge in [-0.3, -0.25) is 9.69 Å². The molecule has 29 heavy (non-hydrogen) atoms. The number of hydrogen-bond donors (Lipinski definition) is 1. The van der Waals surface area contributed by atoms with Crippen LogP contribution < -0.4 is 10.1 Å². The Labute approximate surface area is 173 Å². The van der Waals surface area contributed by atoms with Gasteiger partial charge in [0.25, 0.3) is 5.91 Å². The number of carbonyl (C=O) groups excluding carboxylic acids is 2. The Kier molecular flexibility index (Phi) is 7.42. The fourth-order valence-corrected chi connectivity index (χ4v) is 3.56. The standard InChI is InChI=1S/C24H30N2O3/c1-18(26-14-13-21-5-3-4-6-22(21)16-26)15-25-24(28)17-29-23-11-9-20(10-12-23)8-7-19(2)27/h3-6,9-12,18H,7-8,13-17H2,1-2H3,(H,25,28)/t18-/m0/s1. The van der Waals surface area contributed by atoms with Crippen LogP contribution in [0.1, 0.15) is 37.0 Å². The van der Waals surface area contributed by atoms with Crippen LogP contribution in [0.25, 0.3) is 0 Å². The monoisotopic (exact) mass is 394 g/mol. The number of benzene rings is 2. The zero-order chi connectivity index (χ0) is 20.6. The van der Waals surface area contributed by atoms with Gasteiger partial charge in [-0.05, 0) is 55.5 Å². The molecular formula is C24H30N2O3. The fourth-order valence-electron chi connectivity index (χ4n) is 3.56. The van der Waals surface area contributed by atoms with Crippen LogP contribution in [0, 0.1) is 0 Å². The molecule has 1 heterocycles. The first-order valence-corrected chi connectivity index (χ1v) is 10.3. The normalized spacial score (nSPS) is 14.7. The van der Waals surface area contributed by atoms with Crippen molar-refractivity contribution < 1.29 is 14.3 Å². The number of nitrogens with zero attached hydrogens (tertiary/aromatic N) is 1. The highest BCUT2D eigenvalue weighted by molar-refractivity contribution is 5.77. The summed E-state index contributed by atoms with van der Waals surface area (Å²) >= 11 is 0. The van der Waals surface area contributed by atoms with E-state index in [1.165, 1.54) is 11.1 Å². The van der Waals surface area contributed by atoms with E-state index in [1.807, 2.05) is 24.3 Å². The third kappa shape index (κ3) is 6.43. The van der Waals surface area contributed by atoms with E-state index in [0.717, 1.165) is 31.5 Å². The molecule has 5 nitrogen and oxygen atoms in total. The number of Topliss-reactive ketones (excluding diaryl/α,β-unsaturated/α-hetero) is 1. The number of ether oxygens (including phenoxy) is 1. The highest BCUT2D eigenvalue weighted by Crippen LogP contribution is 2.20. The van der Waals surface area contributed by atoms with E-state index in [0.29, 0.717) is 18.7 Å². The zero-order valence-electron chi connectivity index (χ0n) is 17.3. The van der Waals surface area contributed by atoms with Crippen LogP contribution in [0.3, 0.4) is 0 Å². The summed E-state index contributed by atoms with van der Waals surface area (Å²) in [6.07, 6.45) is 2.33. The van der Waals surface area contributed by atoms with Crippen molar-refractivity contribution in [2.24, 2.45) is 0 Å². The summed E-state index contributed by atoms with van der Waals surface area (Å²) in [7, 11) is 0. The summed E-state index contributed by atoms with van der Waals surface area (Å²) < 4.78 is 5.58. The number of aryl methyl sites for hydroxylation is 1. The average Bonchev–Trinajstić information content (AvgIpc) is 2.74. The summed E-state index contributed by atoms with van der Waals surface area (Å²) in [5, 5.41) is 2.98. The lowest BCUT2D eigenvalue weighted by Crippen LogP contribution is -2.45. The predicted octanol–water partition coefficient (Wildman–Crippen LogP) is 3.15. The number of nitrogens with one attached hydrogen (secondary N) is 1. The maximum atomic E-state index is 12.2. The molecule has 0 fully saturated rings. The number of amides is 1. The van der Waals surface area contributed by atoms with E-state index in [4.69, 9.17) is 4.74 Å². The number of hydrogen-bond acceptors (Lipinski definition) is 4. The maximum absolute atomic E-state index is 12.2. The van der Waals surface area contributed by atoms with E-state index in [2.05, 4.69) is 41.4 Å². The molecule has 1 amide bonds. The third-order valence-electron chi connectivity index (χ3n) is 5.44. The molecule has 154 valence electrons. The van der Waals surface area contributed by atoms with Crippen molar-refractivity contribution in [2.45, 2.75) is 45.7 Å². The first-order valence-electron chi connectivity index (χ1n) is 10.3. The van der Waals surface area contributed by atoms with Gasteiger partial charge in [-0.25, -0.2) is 0 Å². The highest BCUT2D eigenvalue weighted by Gasteiger charge is 2.20. The van der Waals surface area contributed by atoms with Gasteiger partial charge in [0, 0.05) is 32.1 Å². The van der Waals surface area contributed by atoms with Gasteiger partial charge in [0.2, 0.25) is 0 Å². The van der Waals surface area contributed by atoms with Crippen molar-refractivity contribution in [2.75, 3.05) is 19.7 Å². The molecule has 0 saturated carbocycles. The minimum atomic E-state index is -0.116. The predicted molar refractivity (Wildman–Crippen MR) is 114 cm³/mol. The first-order chi connectivity index (χ1) is 14.0. The second kappa shape index (κ2) is 10.2. The summed E-state index contributed by atoms with van der Waals surface area (Å²) in [5.41, 5.74) is 3.90. The van der Waals surface area contributed by atoms with Crippen molar-refractivity contribution in [3.63, 3.8) is 0 Å². The molecule has 1 N–H and O–H groups in total. The second-order valence-corrected chi connectivity index (χ2v) is 7.78. The molecule has 0 bridgehead atoms. The number of fused-ring (bicyclic) bond motifs is 1. The van der Waals surface area contributed by atoms with E-state index in [1.54, 1.807) is 6.92 Å². The summed E-state index contributed by atoms with van der Waals surface area (Å²) in [5.74, 6) is 0.729. The first kappa shape index (κ1) is 21.1. The van der Waals surface area contributed by atoms with Gasteiger partial charge in [0.1, 0.15) is 11.5 Å². The van der Waals surface area contributed by atoms with Gasteiger partial charge in [0.15, 0.2) is 6.61 Å². The van der Waals surface area contributed by atoms with E-state index in [-0.39, 0.29) is 24.3 Å². The molecule has 5 heteroatoms. The molecular weight excluding hydrogens is 364 g/mol. The van der Waals surface area contributed by atoms with Crippen molar-refractivity contribution in [1.82, 2.24) is 10.2 Å². The molecule has 1 aliphatic rings. The lowest BCUT2D eigenvalue weighted by molar-refractivity contribution is -0.123.